The van der Waals surface area contributed by atoms with Crippen LogP contribution in [0.3, 0.4) is 0 Å². The van der Waals surface area contributed by atoms with Crippen LogP contribution in [0.2, 0.25) is 0 Å². The van der Waals surface area contributed by atoms with Crippen molar-refractivity contribution in [3.63, 3.8) is 0 Å². The van der Waals surface area contributed by atoms with Crippen molar-refractivity contribution in [3.05, 3.63) is 42.4 Å². The summed E-state index contributed by atoms with van der Waals surface area (Å²) in [5.41, 5.74) is 4.17. The molecule has 2 heteroatoms. The van der Waals surface area contributed by atoms with E-state index in [2.05, 4.69) is 33.8 Å². The Balaban J connectivity index is 2.01. The summed E-state index contributed by atoms with van der Waals surface area (Å²) in [6.45, 7) is 0. The Bertz CT molecular complexity index is 523. The second-order valence-corrected chi connectivity index (χ2v) is 4.56. The number of nitrogens with zero attached hydrogens (tertiary/aromatic N) is 2. The van der Waals surface area contributed by atoms with Crippen molar-refractivity contribution < 1.29 is 0 Å². The highest BCUT2D eigenvalue weighted by atomic mass is 15.1. The zero-order valence-corrected chi connectivity index (χ0v) is 8.43. The summed E-state index contributed by atoms with van der Waals surface area (Å²) in [6, 6.07) is 9.31. The Labute approximate surface area is 88.6 Å². The first kappa shape index (κ1) is 7.69. The van der Waals surface area contributed by atoms with Gasteiger partial charge in [0, 0.05) is 5.56 Å². The number of hydrogen-bond acceptors (Lipinski definition) is 1. The quantitative estimate of drug-likeness (QED) is 0.685. The summed E-state index contributed by atoms with van der Waals surface area (Å²) >= 11 is 0. The van der Waals surface area contributed by atoms with E-state index in [1.807, 2.05) is 12.5 Å². The maximum absolute atomic E-state index is 4.27. The molecule has 1 aliphatic carbocycles. The van der Waals surface area contributed by atoms with Crippen molar-refractivity contribution in [1.29, 1.82) is 0 Å². The monoisotopic (exact) mass is 196 g/mol. The van der Waals surface area contributed by atoms with Crippen LogP contribution in [0.1, 0.15) is 24.4 Å². The molecule has 1 saturated carbocycles. The standard InChI is InChI=1S/C13H12N2/c1-2-4-11-10(3-1)12-7-14-8-15(12)13(11)9-5-6-9/h1-4,7-9,13H,5-6H2. The maximum Gasteiger partial charge on any atom is 0.0956 e. The van der Waals surface area contributed by atoms with Gasteiger partial charge in [0.25, 0.3) is 0 Å². The van der Waals surface area contributed by atoms with Crippen molar-refractivity contribution in [2.45, 2.75) is 18.9 Å². The lowest BCUT2D eigenvalue weighted by molar-refractivity contribution is 0.543. The SMILES string of the molecule is c1ccc2c(c1)-c1cncn1C2C1CC1. The predicted octanol–water partition coefficient (Wildman–Crippen LogP) is 2.86. The molecule has 2 aliphatic rings. The van der Waals surface area contributed by atoms with E-state index < -0.39 is 0 Å². The molecule has 2 aromatic rings. The molecule has 1 aliphatic heterocycles. The molecule has 15 heavy (non-hydrogen) atoms. The minimum absolute atomic E-state index is 0.568. The summed E-state index contributed by atoms with van der Waals surface area (Å²) in [4.78, 5) is 4.27. The van der Waals surface area contributed by atoms with E-state index in [1.54, 1.807) is 0 Å². The van der Waals surface area contributed by atoms with Crippen LogP contribution in [0.15, 0.2) is 36.8 Å². The highest BCUT2D eigenvalue weighted by molar-refractivity contribution is 5.69. The van der Waals surface area contributed by atoms with E-state index in [0.29, 0.717) is 6.04 Å². The van der Waals surface area contributed by atoms with Crippen LogP contribution in [0.25, 0.3) is 11.3 Å². The largest absolute Gasteiger partial charge is 0.323 e. The number of rotatable bonds is 1. The van der Waals surface area contributed by atoms with Crippen LogP contribution in [0.4, 0.5) is 0 Å². The zero-order valence-electron chi connectivity index (χ0n) is 8.43. The van der Waals surface area contributed by atoms with Gasteiger partial charge in [0.05, 0.1) is 24.3 Å². The summed E-state index contributed by atoms with van der Waals surface area (Å²) in [6.07, 6.45) is 6.72. The van der Waals surface area contributed by atoms with Crippen molar-refractivity contribution in [1.82, 2.24) is 9.55 Å². The van der Waals surface area contributed by atoms with Crippen molar-refractivity contribution >= 4 is 0 Å². The minimum atomic E-state index is 0.568. The predicted molar refractivity (Wildman–Crippen MR) is 58.5 cm³/mol. The zero-order chi connectivity index (χ0) is 9.83. The fourth-order valence-electron chi connectivity index (χ4n) is 2.77. The van der Waals surface area contributed by atoms with Gasteiger partial charge in [-0.25, -0.2) is 4.98 Å². The van der Waals surface area contributed by atoms with Gasteiger partial charge in [-0.3, -0.25) is 0 Å². The molecule has 1 atom stereocenters. The van der Waals surface area contributed by atoms with Gasteiger partial charge in [-0.05, 0) is 24.3 Å². The lowest BCUT2D eigenvalue weighted by atomic mass is 10.0. The minimum Gasteiger partial charge on any atom is -0.323 e. The molecule has 0 bridgehead atoms. The molecule has 74 valence electrons. The van der Waals surface area contributed by atoms with Crippen LogP contribution >= 0.6 is 0 Å². The third-order valence-corrected chi connectivity index (χ3v) is 3.59. The molecule has 1 aromatic heterocycles. The van der Waals surface area contributed by atoms with Gasteiger partial charge in [-0.2, -0.15) is 0 Å². The first-order chi connectivity index (χ1) is 7.45. The first-order valence-corrected chi connectivity index (χ1v) is 5.56. The number of imidazole rings is 1. The summed E-state index contributed by atoms with van der Waals surface area (Å²) in [5, 5.41) is 0. The normalized spacial score (nSPS) is 22.5. The van der Waals surface area contributed by atoms with Crippen LogP contribution in [0, 0.1) is 5.92 Å². The molecule has 0 N–H and O–H groups in total. The van der Waals surface area contributed by atoms with Gasteiger partial charge in [0.2, 0.25) is 0 Å². The van der Waals surface area contributed by atoms with Crippen LogP contribution in [-0.4, -0.2) is 9.55 Å². The molecular formula is C13H12N2. The lowest BCUT2D eigenvalue weighted by Gasteiger charge is -2.12. The van der Waals surface area contributed by atoms with E-state index >= 15 is 0 Å². The van der Waals surface area contributed by atoms with Crippen molar-refractivity contribution in [3.8, 4) is 11.3 Å². The average molecular weight is 196 g/mol. The van der Waals surface area contributed by atoms with Gasteiger partial charge >= 0.3 is 0 Å². The maximum atomic E-state index is 4.27. The third kappa shape index (κ3) is 0.916. The topological polar surface area (TPSA) is 17.8 Å². The van der Waals surface area contributed by atoms with Gasteiger partial charge in [0.1, 0.15) is 0 Å². The Morgan fingerprint density at radius 1 is 1.20 bits per heavy atom. The number of hydrogen-bond donors (Lipinski definition) is 0. The summed E-state index contributed by atoms with van der Waals surface area (Å²) in [5.74, 6) is 0.849. The highest BCUT2D eigenvalue weighted by Crippen LogP contribution is 2.50. The van der Waals surface area contributed by atoms with Gasteiger partial charge < -0.3 is 4.57 Å². The van der Waals surface area contributed by atoms with Crippen LogP contribution in [0.5, 0.6) is 0 Å². The van der Waals surface area contributed by atoms with E-state index in [9.17, 15) is 0 Å². The Morgan fingerprint density at radius 3 is 2.93 bits per heavy atom. The Morgan fingerprint density at radius 2 is 2.07 bits per heavy atom. The van der Waals surface area contributed by atoms with E-state index in [4.69, 9.17) is 0 Å². The average Bonchev–Trinajstić information content (AvgIpc) is 2.90. The smallest absolute Gasteiger partial charge is 0.0956 e. The second-order valence-electron chi connectivity index (χ2n) is 4.56. The molecule has 2 nitrogen and oxygen atoms in total. The van der Waals surface area contributed by atoms with Crippen LogP contribution in [-0.2, 0) is 0 Å². The fourth-order valence-corrected chi connectivity index (χ4v) is 2.77. The molecule has 1 aromatic carbocycles. The first-order valence-electron chi connectivity index (χ1n) is 5.56. The van der Waals surface area contributed by atoms with Crippen molar-refractivity contribution in [2.24, 2.45) is 5.92 Å². The molecule has 1 unspecified atom stereocenters. The Hall–Kier alpha value is -1.57. The highest BCUT2D eigenvalue weighted by Gasteiger charge is 2.39. The number of benzene rings is 1. The number of aromatic nitrogens is 2. The van der Waals surface area contributed by atoms with Gasteiger partial charge in [-0.15, -0.1) is 0 Å². The molecule has 4 rings (SSSR count). The fraction of sp³-hybridized carbons (Fsp3) is 0.308. The van der Waals surface area contributed by atoms with Gasteiger partial charge in [-0.1, -0.05) is 24.3 Å². The Kier molecular flexibility index (Phi) is 1.29. The molecule has 0 radical (unpaired) electrons. The lowest BCUT2D eigenvalue weighted by Crippen LogP contribution is -2.06. The molecule has 0 amide bonds. The van der Waals surface area contributed by atoms with E-state index in [1.165, 1.54) is 29.7 Å². The van der Waals surface area contributed by atoms with Gasteiger partial charge in [0.15, 0.2) is 0 Å². The molecule has 1 fully saturated rings. The summed E-state index contributed by atoms with van der Waals surface area (Å²) in [7, 11) is 0. The third-order valence-electron chi connectivity index (χ3n) is 3.59. The molecule has 0 spiro atoms. The van der Waals surface area contributed by atoms with E-state index in [0.717, 1.165) is 5.92 Å². The van der Waals surface area contributed by atoms with Crippen molar-refractivity contribution in [2.75, 3.05) is 0 Å². The molecular weight excluding hydrogens is 184 g/mol. The summed E-state index contributed by atoms with van der Waals surface area (Å²) < 4.78 is 2.35. The van der Waals surface area contributed by atoms with Crippen LogP contribution < -0.4 is 0 Å². The molecule has 2 heterocycles. The van der Waals surface area contributed by atoms with E-state index in [-0.39, 0.29) is 0 Å². The number of fused-ring (bicyclic) bond motifs is 3. The molecule has 0 saturated heterocycles. The second kappa shape index (κ2) is 2.51.